The van der Waals surface area contributed by atoms with Crippen LogP contribution < -0.4 is 9.47 Å². The highest BCUT2D eigenvalue weighted by atomic mass is 32.1. The number of fused-ring (bicyclic) bond motifs is 1. The van der Waals surface area contributed by atoms with E-state index in [1.54, 1.807) is 18.4 Å². The lowest BCUT2D eigenvalue weighted by atomic mass is 9.91. The minimum atomic E-state index is 0.112. The number of rotatable bonds is 8. The van der Waals surface area contributed by atoms with Crippen LogP contribution in [0.25, 0.3) is 10.1 Å². The van der Waals surface area contributed by atoms with Crippen LogP contribution in [-0.4, -0.2) is 45.0 Å². The minimum absolute atomic E-state index is 0.112. The molecule has 0 amide bonds. The molecule has 170 valence electrons. The molecule has 1 heterocycles. The highest BCUT2D eigenvalue weighted by Gasteiger charge is 2.26. The first-order chi connectivity index (χ1) is 15.6. The van der Waals surface area contributed by atoms with Crippen LogP contribution in [0.1, 0.15) is 65.2 Å². The molecule has 0 unspecified atom stereocenters. The number of hydrogen-bond acceptors (Lipinski definition) is 5. The van der Waals surface area contributed by atoms with Crippen molar-refractivity contribution >= 4 is 27.2 Å². The van der Waals surface area contributed by atoms with Gasteiger partial charge in [-0.3, -0.25) is 4.79 Å². The minimum Gasteiger partial charge on any atom is -0.497 e. The van der Waals surface area contributed by atoms with Crippen LogP contribution >= 0.6 is 11.3 Å². The number of likely N-dealkylation sites (N-methyl/N-ethyl adjacent to an activating group) is 1. The van der Waals surface area contributed by atoms with E-state index in [0.29, 0.717) is 12.5 Å². The Morgan fingerprint density at radius 1 is 1.00 bits per heavy atom. The zero-order valence-electron chi connectivity index (χ0n) is 19.4. The molecule has 1 saturated carbocycles. The summed E-state index contributed by atoms with van der Waals surface area (Å²) in [5, 5.41) is 1.05. The van der Waals surface area contributed by atoms with Gasteiger partial charge < -0.3 is 14.4 Å². The molecule has 0 N–H and O–H groups in total. The van der Waals surface area contributed by atoms with Crippen molar-refractivity contribution in [2.45, 2.75) is 44.4 Å². The molecule has 1 aliphatic rings. The third kappa shape index (κ3) is 5.16. The summed E-state index contributed by atoms with van der Waals surface area (Å²) >= 11 is 1.78. The summed E-state index contributed by atoms with van der Waals surface area (Å²) in [6.45, 7) is 1.49. The van der Waals surface area contributed by atoms with Gasteiger partial charge in [0.05, 0.1) is 7.11 Å². The smallest absolute Gasteiger partial charge is 0.194 e. The van der Waals surface area contributed by atoms with Crippen LogP contribution in [0.3, 0.4) is 0 Å². The van der Waals surface area contributed by atoms with Gasteiger partial charge in [-0.2, -0.15) is 0 Å². The van der Waals surface area contributed by atoms with Gasteiger partial charge in [-0.05, 0) is 75.3 Å². The van der Waals surface area contributed by atoms with E-state index in [4.69, 9.17) is 9.47 Å². The summed E-state index contributed by atoms with van der Waals surface area (Å²) in [5.74, 6) is 2.21. The maximum absolute atomic E-state index is 13.8. The Labute approximate surface area is 195 Å². The Kier molecular flexibility index (Phi) is 7.48. The topological polar surface area (TPSA) is 38.8 Å². The van der Waals surface area contributed by atoms with Crippen LogP contribution in [-0.2, 0) is 0 Å². The van der Waals surface area contributed by atoms with E-state index in [2.05, 4.69) is 17.0 Å². The molecule has 5 heteroatoms. The molecule has 0 atom stereocenters. The Balaban J connectivity index is 1.66. The third-order valence-corrected chi connectivity index (χ3v) is 7.62. The van der Waals surface area contributed by atoms with Crippen LogP contribution in [0, 0.1) is 0 Å². The van der Waals surface area contributed by atoms with Crippen molar-refractivity contribution in [1.29, 1.82) is 0 Å². The average molecular weight is 452 g/mol. The summed E-state index contributed by atoms with van der Waals surface area (Å²) in [5.41, 5.74) is 1.61. The summed E-state index contributed by atoms with van der Waals surface area (Å²) < 4.78 is 12.4. The number of ether oxygens (including phenoxy) is 2. The standard InChI is InChI=1S/C27H33NO3S/c1-28(2)16-17-31-21-12-10-19(11-13-21)26(29)25-23-15-14-22(30-3)18-24(23)32-27(25)20-8-6-4-5-7-9-20/h10-15,18,20H,4-9,16-17H2,1-3H3. The first-order valence-corrected chi connectivity index (χ1v) is 12.4. The van der Waals surface area contributed by atoms with Gasteiger partial charge in [-0.1, -0.05) is 25.7 Å². The van der Waals surface area contributed by atoms with E-state index in [1.165, 1.54) is 43.4 Å². The number of hydrogen-bond donors (Lipinski definition) is 0. The molecule has 2 aromatic carbocycles. The fraction of sp³-hybridized carbons (Fsp3) is 0.444. The molecule has 1 fully saturated rings. The summed E-state index contributed by atoms with van der Waals surface area (Å²) in [6.07, 6.45) is 7.43. The van der Waals surface area contributed by atoms with Gasteiger partial charge in [0.1, 0.15) is 18.1 Å². The molecule has 0 bridgehead atoms. The van der Waals surface area contributed by atoms with Crippen molar-refractivity contribution in [3.63, 3.8) is 0 Å². The zero-order valence-corrected chi connectivity index (χ0v) is 20.2. The number of ketones is 1. The van der Waals surface area contributed by atoms with Gasteiger partial charge in [0, 0.05) is 32.6 Å². The molecule has 4 rings (SSSR count). The van der Waals surface area contributed by atoms with E-state index < -0.39 is 0 Å². The zero-order chi connectivity index (χ0) is 22.5. The lowest BCUT2D eigenvalue weighted by molar-refractivity contribution is 0.103. The van der Waals surface area contributed by atoms with Crippen LogP contribution in [0.15, 0.2) is 42.5 Å². The van der Waals surface area contributed by atoms with Crippen molar-refractivity contribution in [1.82, 2.24) is 4.90 Å². The molecule has 3 aromatic rings. The predicted molar refractivity (Wildman–Crippen MR) is 133 cm³/mol. The summed E-state index contributed by atoms with van der Waals surface area (Å²) in [4.78, 5) is 17.1. The lowest BCUT2D eigenvalue weighted by Gasteiger charge is -2.15. The van der Waals surface area contributed by atoms with Crippen molar-refractivity contribution in [3.05, 3.63) is 58.5 Å². The van der Waals surface area contributed by atoms with E-state index in [-0.39, 0.29) is 5.78 Å². The van der Waals surface area contributed by atoms with Crippen LogP contribution in [0.2, 0.25) is 0 Å². The number of thiophene rings is 1. The maximum Gasteiger partial charge on any atom is 0.194 e. The summed E-state index contributed by atoms with van der Waals surface area (Å²) in [7, 11) is 5.74. The SMILES string of the molecule is COc1ccc2c(C(=O)c3ccc(OCCN(C)C)cc3)c(C3CCCCCC3)sc2c1. The molecular formula is C27H33NO3S. The fourth-order valence-corrected chi connectivity index (χ4v) is 5.88. The third-order valence-electron chi connectivity index (χ3n) is 6.30. The largest absolute Gasteiger partial charge is 0.497 e. The van der Waals surface area contributed by atoms with Crippen LogP contribution in [0.4, 0.5) is 0 Å². The molecule has 1 aromatic heterocycles. The quantitative estimate of drug-likeness (QED) is 0.289. The predicted octanol–water partition coefficient (Wildman–Crippen LogP) is 6.52. The average Bonchev–Trinajstić information content (AvgIpc) is 2.96. The fourth-order valence-electron chi connectivity index (χ4n) is 4.48. The molecular weight excluding hydrogens is 418 g/mol. The summed E-state index contributed by atoms with van der Waals surface area (Å²) in [6, 6.07) is 13.7. The van der Waals surface area contributed by atoms with E-state index in [0.717, 1.165) is 39.3 Å². The van der Waals surface area contributed by atoms with Crippen molar-refractivity contribution < 1.29 is 14.3 Å². The highest BCUT2D eigenvalue weighted by molar-refractivity contribution is 7.19. The first kappa shape index (κ1) is 22.8. The lowest BCUT2D eigenvalue weighted by Crippen LogP contribution is -2.19. The van der Waals surface area contributed by atoms with Crippen molar-refractivity contribution in [3.8, 4) is 11.5 Å². The first-order valence-electron chi connectivity index (χ1n) is 11.6. The van der Waals surface area contributed by atoms with E-state index >= 15 is 0 Å². The Morgan fingerprint density at radius 2 is 1.69 bits per heavy atom. The van der Waals surface area contributed by atoms with Gasteiger partial charge in [-0.25, -0.2) is 0 Å². The van der Waals surface area contributed by atoms with Crippen LogP contribution in [0.5, 0.6) is 11.5 Å². The molecule has 4 nitrogen and oxygen atoms in total. The second kappa shape index (κ2) is 10.5. The van der Waals surface area contributed by atoms with Gasteiger partial charge >= 0.3 is 0 Å². The number of methoxy groups -OCH3 is 1. The van der Waals surface area contributed by atoms with Gasteiger partial charge in [0.2, 0.25) is 0 Å². The Hall–Kier alpha value is -2.37. The van der Waals surface area contributed by atoms with Crippen molar-refractivity contribution in [2.24, 2.45) is 0 Å². The number of benzene rings is 2. The molecule has 32 heavy (non-hydrogen) atoms. The van der Waals surface area contributed by atoms with Gasteiger partial charge in [-0.15, -0.1) is 11.3 Å². The molecule has 0 radical (unpaired) electrons. The Bertz CT molecular complexity index is 1050. The molecule has 0 saturated heterocycles. The van der Waals surface area contributed by atoms with E-state index in [9.17, 15) is 4.79 Å². The molecule has 1 aliphatic carbocycles. The number of carbonyl (C=O) groups is 1. The second-order valence-corrected chi connectivity index (χ2v) is 9.98. The van der Waals surface area contributed by atoms with Crippen molar-refractivity contribution in [2.75, 3.05) is 34.4 Å². The molecule has 0 spiro atoms. The van der Waals surface area contributed by atoms with Gasteiger partial charge in [0.25, 0.3) is 0 Å². The monoisotopic (exact) mass is 451 g/mol. The Morgan fingerprint density at radius 3 is 2.34 bits per heavy atom. The van der Waals surface area contributed by atoms with Gasteiger partial charge in [0.15, 0.2) is 5.78 Å². The normalized spacial score (nSPS) is 15.1. The number of carbonyl (C=O) groups excluding carboxylic acids is 1. The molecule has 0 aliphatic heterocycles. The maximum atomic E-state index is 13.8. The highest BCUT2D eigenvalue weighted by Crippen LogP contribution is 2.43. The number of nitrogens with zero attached hydrogens (tertiary/aromatic N) is 1. The second-order valence-electron chi connectivity index (χ2n) is 8.90. The van der Waals surface area contributed by atoms with E-state index in [1.807, 2.05) is 44.4 Å².